The Morgan fingerprint density at radius 1 is 1.24 bits per heavy atom. The zero-order valence-electron chi connectivity index (χ0n) is 14.7. The van der Waals surface area contributed by atoms with Gasteiger partial charge in [-0.15, -0.1) is 0 Å². The van der Waals surface area contributed by atoms with E-state index in [-0.39, 0.29) is 6.10 Å². The fraction of sp³-hybridized carbons (Fsp3) is 0.474. The SMILES string of the molecule is Cc1nn(C)c2nc(N3CCC([C@@H](O)Cc4ccccc4)CC3)sc12. The van der Waals surface area contributed by atoms with Gasteiger partial charge in [0.25, 0.3) is 0 Å². The lowest BCUT2D eigenvalue weighted by molar-refractivity contribution is 0.0930. The normalized spacial score (nSPS) is 17.3. The minimum atomic E-state index is -0.258. The van der Waals surface area contributed by atoms with Crippen molar-refractivity contribution >= 4 is 26.8 Å². The number of rotatable bonds is 4. The molecule has 0 saturated carbocycles. The molecule has 6 heteroatoms. The molecule has 0 radical (unpaired) electrons. The molecule has 5 nitrogen and oxygen atoms in total. The van der Waals surface area contributed by atoms with E-state index in [1.54, 1.807) is 11.3 Å². The Bertz CT molecular complexity index is 815. The van der Waals surface area contributed by atoms with E-state index in [0.717, 1.165) is 48.8 Å². The molecule has 2 aromatic heterocycles. The number of fused-ring (bicyclic) bond motifs is 1. The molecular weight excluding hydrogens is 332 g/mol. The van der Waals surface area contributed by atoms with Crippen LogP contribution in [-0.2, 0) is 13.5 Å². The van der Waals surface area contributed by atoms with Gasteiger partial charge in [-0.25, -0.2) is 9.67 Å². The van der Waals surface area contributed by atoms with Crippen LogP contribution in [0.15, 0.2) is 30.3 Å². The molecule has 0 spiro atoms. The van der Waals surface area contributed by atoms with Crippen molar-refractivity contribution in [3.63, 3.8) is 0 Å². The van der Waals surface area contributed by atoms with Crippen molar-refractivity contribution < 1.29 is 5.11 Å². The van der Waals surface area contributed by atoms with Gasteiger partial charge in [-0.2, -0.15) is 5.10 Å². The molecular formula is C19H24N4OS. The van der Waals surface area contributed by atoms with E-state index in [9.17, 15) is 5.11 Å². The second kappa shape index (κ2) is 6.77. The summed E-state index contributed by atoms with van der Waals surface area (Å²) in [6, 6.07) is 10.3. The van der Waals surface area contributed by atoms with Gasteiger partial charge in [-0.05, 0) is 37.7 Å². The molecule has 1 saturated heterocycles. The number of aliphatic hydroxyl groups is 1. The molecule has 1 N–H and O–H groups in total. The van der Waals surface area contributed by atoms with Crippen LogP contribution in [0.5, 0.6) is 0 Å². The second-order valence-electron chi connectivity index (χ2n) is 6.94. The molecule has 3 aromatic rings. The number of aromatic nitrogens is 3. The molecule has 0 unspecified atom stereocenters. The number of nitrogens with zero attached hydrogens (tertiary/aromatic N) is 4. The number of hydrogen-bond donors (Lipinski definition) is 1. The van der Waals surface area contributed by atoms with E-state index < -0.39 is 0 Å². The van der Waals surface area contributed by atoms with E-state index in [0.29, 0.717) is 5.92 Å². The fourth-order valence-electron chi connectivity index (χ4n) is 3.71. The number of thiazole rings is 1. The minimum Gasteiger partial charge on any atom is -0.392 e. The van der Waals surface area contributed by atoms with Gasteiger partial charge in [0.05, 0.1) is 16.5 Å². The summed E-state index contributed by atoms with van der Waals surface area (Å²) in [7, 11) is 1.95. The van der Waals surface area contributed by atoms with Crippen LogP contribution in [0.4, 0.5) is 5.13 Å². The highest BCUT2D eigenvalue weighted by Gasteiger charge is 2.27. The lowest BCUT2D eigenvalue weighted by atomic mass is 9.88. The van der Waals surface area contributed by atoms with Crippen LogP contribution >= 0.6 is 11.3 Å². The van der Waals surface area contributed by atoms with Crippen LogP contribution in [0.3, 0.4) is 0 Å². The first-order chi connectivity index (χ1) is 12.1. The molecule has 1 fully saturated rings. The first-order valence-corrected chi connectivity index (χ1v) is 9.70. The molecule has 4 rings (SSSR count). The van der Waals surface area contributed by atoms with E-state index >= 15 is 0 Å². The number of benzene rings is 1. The third-order valence-corrected chi connectivity index (χ3v) is 6.39. The van der Waals surface area contributed by atoms with Crippen LogP contribution in [0.2, 0.25) is 0 Å². The lowest BCUT2D eigenvalue weighted by Gasteiger charge is -2.34. The van der Waals surface area contributed by atoms with Crippen LogP contribution in [0.1, 0.15) is 24.1 Å². The van der Waals surface area contributed by atoms with Crippen LogP contribution in [0.25, 0.3) is 10.3 Å². The Balaban J connectivity index is 1.39. The number of hydrogen-bond acceptors (Lipinski definition) is 5. The topological polar surface area (TPSA) is 54.2 Å². The number of piperidine rings is 1. The number of aryl methyl sites for hydroxylation is 2. The zero-order valence-corrected chi connectivity index (χ0v) is 15.5. The monoisotopic (exact) mass is 356 g/mol. The number of aliphatic hydroxyl groups excluding tert-OH is 1. The molecule has 1 atom stereocenters. The first-order valence-electron chi connectivity index (χ1n) is 8.89. The van der Waals surface area contributed by atoms with Crippen molar-refractivity contribution in [3.8, 4) is 0 Å². The van der Waals surface area contributed by atoms with Gasteiger partial charge in [-0.1, -0.05) is 41.7 Å². The minimum absolute atomic E-state index is 0.258. The van der Waals surface area contributed by atoms with Gasteiger partial charge in [0.15, 0.2) is 10.8 Å². The average Bonchev–Trinajstić information content (AvgIpc) is 3.18. The predicted molar refractivity (Wildman–Crippen MR) is 102 cm³/mol. The Morgan fingerprint density at radius 2 is 1.96 bits per heavy atom. The van der Waals surface area contributed by atoms with E-state index in [2.05, 4.69) is 22.1 Å². The molecule has 132 valence electrons. The predicted octanol–water partition coefficient (Wildman–Crippen LogP) is 3.16. The number of anilines is 1. The molecule has 25 heavy (non-hydrogen) atoms. The highest BCUT2D eigenvalue weighted by atomic mass is 32.1. The van der Waals surface area contributed by atoms with Crippen LogP contribution < -0.4 is 4.90 Å². The maximum Gasteiger partial charge on any atom is 0.188 e. The van der Waals surface area contributed by atoms with E-state index in [1.165, 1.54) is 10.3 Å². The summed E-state index contributed by atoms with van der Waals surface area (Å²) in [5.74, 6) is 0.370. The van der Waals surface area contributed by atoms with Gasteiger partial charge in [-0.3, -0.25) is 0 Å². The van der Waals surface area contributed by atoms with Gasteiger partial charge in [0, 0.05) is 20.1 Å². The fourth-order valence-corrected chi connectivity index (χ4v) is 4.79. The van der Waals surface area contributed by atoms with Crippen molar-refractivity contribution in [2.45, 2.75) is 32.3 Å². The van der Waals surface area contributed by atoms with Crippen molar-refractivity contribution in [1.29, 1.82) is 0 Å². The lowest BCUT2D eigenvalue weighted by Crippen LogP contribution is -2.38. The Kier molecular flexibility index (Phi) is 4.48. The van der Waals surface area contributed by atoms with E-state index in [1.807, 2.05) is 36.9 Å². The summed E-state index contributed by atoms with van der Waals surface area (Å²) in [5, 5.41) is 16.1. The molecule has 1 aliphatic rings. The van der Waals surface area contributed by atoms with Crippen molar-refractivity contribution in [2.75, 3.05) is 18.0 Å². The van der Waals surface area contributed by atoms with E-state index in [4.69, 9.17) is 4.98 Å². The first kappa shape index (κ1) is 16.5. The van der Waals surface area contributed by atoms with Crippen LogP contribution in [-0.4, -0.2) is 39.1 Å². The van der Waals surface area contributed by atoms with Crippen LogP contribution in [0, 0.1) is 12.8 Å². The summed E-state index contributed by atoms with van der Waals surface area (Å²) in [4.78, 5) is 7.13. The van der Waals surface area contributed by atoms with Gasteiger partial charge < -0.3 is 10.0 Å². The third-order valence-electron chi connectivity index (χ3n) is 5.18. The summed E-state index contributed by atoms with van der Waals surface area (Å²) >= 11 is 1.73. The summed E-state index contributed by atoms with van der Waals surface area (Å²) < 4.78 is 3.05. The zero-order chi connectivity index (χ0) is 17.4. The maximum absolute atomic E-state index is 10.6. The van der Waals surface area contributed by atoms with Crippen molar-refractivity contribution in [2.24, 2.45) is 13.0 Å². The Labute approximate surface area is 151 Å². The standard InChI is InChI=1S/C19H24N4OS/c1-13-17-18(22(2)21-13)20-19(25-17)23-10-8-15(9-11-23)16(24)12-14-6-4-3-5-7-14/h3-7,15-16,24H,8-12H2,1-2H3/t16-/m0/s1. The highest BCUT2D eigenvalue weighted by Crippen LogP contribution is 2.33. The van der Waals surface area contributed by atoms with Gasteiger partial charge in [0.1, 0.15) is 0 Å². The summed E-state index contributed by atoms with van der Waals surface area (Å²) in [6.45, 7) is 3.96. The van der Waals surface area contributed by atoms with Gasteiger partial charge in [0.2, 0.25) is 0 Å². The average molecular weight is 356 g/mol. The van der Waals surface area contributed by atoms with Crippen molar-refractivity contribution in [1.82, 2.24) is 14.8 Å². The van der Waals surface area contributed by atoms with Gasteiger partial charge >= 0.3 is 0 Å². The smallest absolute Gasteiger partial charge is 0.188 e. The Hall–Kier alpha value is -1.92. The molecule has 0 aliphatic carbocycles. The third kappa shape index (κ3) is 3.28. The second-order valence-corrected chi connectivity index (χ2v) is 7.92. The molecule has 1 aromatic carbocycles. The molecule has 1 aliphatic heterocycles. The quantitative estimate of drug-likeness (QED) is 0.780. The van der Waals surface area contributed by atoms with Crippen molar-refractivity contribution in [3.05, 3.63) is 41.6 Å². The molecule has 0 amide bonds. The largest absolute Gasteiger partial charge is 0.392 e. The summed E-state index contributed by atoms with van der Waals surface area (Å²) in [5.41, 5.74) is 3.24. The highest BCUT2D eigenvalue weighted by molar-refractivity contribution is 7.22. The molecule has 0 bridgehead atoms. The molecule has 3 heterocycles. The maximum atomic E-state index is 10.6. The Morgan fingerprint density at radius 3 is 2.64 bits per heavy atom. The summed E-state index contributed by atoms with van der Waals surface area (Å²) in [6.07, 6.45) is 2.52.